The topological polar surface area (TPSA) is 29.3 Å². The Morgan fingerprint density at radius 3 is 2.56 bits per heavy atom. The Labute approximate surface area is 119 Å². The highest BCUT2D eigenvalue weighted by molar-refractivity contribution is 9.10. The maximum atomic E-state index is 5.88. The molecule has 3 heteroatoms. The molecule has 1 saturated heterocycles. The van der Waals surface area contributed by atoms with Crippen LogP contribution in [-0.2, 0) is 6.54 Å². The number of rotatable bonds is 3. The summed E-state index contributed by atoms with van der Waals surface area (Å²) in [6.07, 6.45) is 2.60. The lowest BCUT2D eigenvalue weighted by Gasteiger charge is -2.36. The van der Waals surface area contributed by atoms with Gasteiger partial charge < -0.3 is 10.6 Å². The van der Waals surface area contributed by atoms with E-state index in [0.29, 0.717) is 6.54 Å². The molecule has 2 nitrogen and oxygen atoms in total. The lowest BCUT2D eigenvalue weighted by Crippen LogP contribution is -2.36. The van der Waals surface area contributed by atoms with Gasteiger partial charge in [-0.05, 0) is 36.8 Å². The molecule has 0 bridgehead atoms. The molecule has 2 rings (SSSR count). The van der Waals surface area contributed by atoms with Gasteiger partial charge in [-0.1, -0.05) is 35.8 Å². The monoisotopic (exact) mass is 310 g/mol. The Morgan fingerprint density at radius 1 is 1.33 bits per heavy atom. The molecule has 1 aromatic carbocycles. The molecule has 1 aromatic rings. The molecule has 0 amide bonds. The van der Waals surface area contributed by atoms with Gasteiger partial charge in [-0.25, -0.2) is 0 Å². The van der Waals surface area contributed by atoms with Crippen molar-refractivity contribution in [2.45, 2.75) is 33.2 Å². The second kappa shape index (κ2) is 6.07. The normalized spacial score (nSPS) is 17.5. The zero-order chi connectivity index (χ0) is 13.1. The lowest BCUT2D eigenvalue weighted by molar-refractivity contribution is 0.311. The molecular weight excluding hydrogens is 288 g/mol. The van der Waals surface area contributed by atoms with Crippen LogP contribution in [0.5, 0.6) is 0 Å². The third kappa shape index (κ3) is 2.89. The minimum atomic E-state index is 0.598. The van der Waals surface area contributed by atoms with Crippen molar-refractivity contribution in [1.82, 2.24) is 0 Å². The maximum absolute atomic E-state index is 5.88. The van der Waals surface area contributed by atoms with Gasteiger partial charge >= 0.3 is 0 Å². The Balaban J connectivity index is 2.12. The number of hydrogen-bond acceptors (Lipinski definition) is 2. The molecule has 100 valence electrons. The first kappa shape index (κ1) is 13.9. The van der Waals surface area contributed by atoms with Gasteiger partial charge in [-0.15, -0.1) is 0 Å². The smallest absolute Gasteiger partial charge is 0.0423 e. The number of nitrogens with zero attached hydrogens (tertiary/aromatic N) is 1. The second-order valence-corrected chi connectivity index (χ2v) is 6.36. The molecule has 0 unspecified atom stereocenters. The summed E-state index contributed by atoms with van der Waals surface area (Å²) in [4.78, 5) is 2.49. The average Bonchev–Trinajstić information content (AvgIpc) is 2.38. The van der Waals surface area contributed by atoms with E-state index in [-0.39, 0.29) is 0 Å². The predicted octanol–water partition coefficient (Wildman–Crippen LogP) is 3.78. The fourth-order valence-corrected chi connectivity index (χ4v) is 3.37. The summed E-state index contributed by atoms with van der Waals surface area (Å²) in [6.45, 7) is 7.59. The predicted molar refractivity (Wildman–Crippen MR) is 81.8 cm³/mol. The van der Waals surface area contributed by atoms with Gasteiger partial charge in [0, 0.05) is 35.4 Å². The summed E-state index contributed by atoms with van der Waals surface area (Å²) in [7, 11) is 0. The van der Waals surface area contributed by atoms with Crippen LogP contribution in [0, 0.1) is 11.8 Å². The number of anilines is 1. The molecule has 0 spiro atoms. The molecule has 2 N–H and O–H groups in total. The number of nitrogens with two attached hydrogens (primary N) is 1. The first-order valence-corrected chi connectivity index (χ1v) is 7.65. The van der Waals surface area contributed by atoms with Crippen LogP contribution in [0.15, 0.2) is 22.7 Å². The molecule has 0 aliphatic carbocycles. The van der Waals surface area contributed by atoms with Crippen molar-refractivity contribution in [2.24, 2.45) is 17.6 Å². The van der Waals surface area contributed by atoms with Crippen molar-refractivity contribution in [2.75, 3.05) is 18.0 Å². The third-order valence-corrected chi connectivity index (χ3v) is 4.86. The first-order valence-electron chi connectivity index (χ1n) is 6.86. The zero-order valence-corrected chi connectivity index (χ0v) is 12.9. The van der Waals surface area contributed by atoms with E-state index < -0.39 is 0 Å². The summed E-state index contributed by atoms with van der Waals surface area (Å²) < 4.78 is 1.13. The summed E-state index contributed by atoms with van der Waals surface area (Å²) in [5, 5.41) is 0. The van der Waals surface area contributed by atoms with Gasteiger partial charge in [0.15, 0.2) is 0 Å². The number of halogens is 1. The highest BCUT2D eigenvalue weighted by Crippen LogP contribution is 2.32. The summed E-state index contributed by atoms with van der Waals surface area (Å²) in [5.74, 6) is 1.69. The number of benzene rings is 1. The van der Waals surface area contributed by atoms with Crippen LogP contribution in [0.25, 0.3) is 0 Å². The van der Waals surface area contributed by atoms with E-state index in [4.69, 9.17) is 5.73 Å². The van der Waals surface area contributed by atoms with Crippen LogP contribution in [0.3, 0.4) is 0 Å². The minimum Gasteiger partial charge on any atom is -0.371 e. The Morgan fingerprint density at radius 2 is 2.00 bits per heavy atom. The van der Waals surface area contributed by atoms with Crippen LogP contribution in [0.1, 0.15) is 32.3 Å². The Hall–Kier alpha value is -0.540. The number of piperidine rings is 1. The van der Waals surface area contributed by atoms with Crippen LogP contribution in [0.4, 0.5) is 5.69 Å². The molecule has 0 saturated carbocycles. The van der Waals surface area contributed by atoms with E-state index in [1.807, 2.05) is 0 Å². The van der Waals surface area contributed by atoms with Crippen LogP contribution >= 0.6 is 15.9 Å². The Kier molecular flexibility index (Phi) is 4.68. The molecule has 0 radical (unpaired) electrons. The molecule has 0 aromatic heterocycles. The standard InChI is InChI=1S/C15H23BrN2/c1-11(2)12-6-8-18(9-7-12)15-5-3-4-14(16)13(15)10-17/h3-5,11-12H,6-10,17H2,1-2H3. The highest BCUT2D eigenvalue weighted by Gasteiger charge is 2.23. The van der Waals surface area contributed by atoms with Gasteiger partial charge in [-0.2, -0.15) is 0 Å². The molecule has 0 atom stereocenters. The van der Waals surface area contributed by atoms with Crippen molar-refractivity contribution in [3.8, 4) is 0 Å². The van der Waals surface area contributed by atoms with Gasteiger partial charge in [-0.3, -0.25) is 0 Å². The van der Waals surface area contributed by atoms with Crippen molar-refractivity contribution >= 4 is 21.6 Å². The Bertz CT molecular complexity index is 395. The first-order chi connectivity index (χ1) is 8.63. The molecule has 1 heterocycles. The SMILES string of the molecule is CC(C)C1CCN(c2cccc(Br)c2CN)CC1. The van der Waals surface area contributed by atoms with Crippen LogP contribution in [-0.4, -0.2) is 13.1 Å². The van der Waals surface area contributed by atoms with Gasteiger partial charge in [0.2, 0.25) is 0 Å². The summed E-state index contributed by atoms with van der Waals surface area (Å²) in [5.41, 5.74) is 8.43. The van der Waals surface area contributed by atoms with Crippen LogP contribution < -0.4 is 10.6 Å². The van der Waals surface area contributed by atoms with Gasteiger partial charge in [0.1, 0.15) is 0 Å². The van der Waals surface area contributed by atoms with E-state index in [9.17, 15) is 0 Å². The molecule has 18 heavy (non-hydrogen) atoms. The van der Waals surface area contributed by atoms with Gasteiger partial charge in [0.05, 0.1) is 0 Å². The fraction of sp³-hybridized carbons (Fsp3) is 0.600. The molecule has 1 fully saturated rings. The van der Waals surface area contributed by atoms with E-state index in [1.54, 1.807) is 0 Å². The molecule has 1 aliphatic heterocycles. The second-order valence-electron chi connectivity index (χ2n) is 5.51. The lowest BCUT2D eigenvalue weighted by atomic mass is 9.86. The quantitative estimate of drug-likeness (QED) is 0.920. The van der Waals surface area contributed by atoms with Crippen molar-refractivity contribution in [3.05, 3.63) is 28.2 Å². The minimum absolute atomic E-state index is 0.598. The maximum Gasteiger partial charge on any atom is 0.0423 e. The largest absolute Gasteiger partial charge is 0.371 e. The third-order valence-electron chi connectivity index (χ3n) is 4.12. The molecular formula is C15H23BrN2. The zero-order valence-electron chi connectivity index (χ0n) is 11.3. The average molecular weight is 311 g/mol. The van der Waals surface area contributed by atoms with Crippen molar-refractivity contribution in [1.29, 1.82) is 0 Å². The fourth-order valence-electron chi connectivity index (χ4n) is 2.85. The van der Waals surface area contributed by atoms with E-state index in [1.165, 1.54) is 24.1 Å². The summed E-state index contributed by atoms with van der Waals surface area (Å²) in [6, 6.07) is 6.38. The highest BCUT2D eigenvalue weighted by atomic mass is 79.9. The van der Waals surface area contributed by atoms with Gasteiger partial charge in [0.25, 0.3) is 0 Å². The molecule has 1 aliphatic rings. The van der Waals surface area contributed by atoms with Crippen LogP contribution in [0.2, 0.25) is 0 Å². The number of hydrogen-bond donors (Lipinski definition) is 1. The van der Waals surface area contributed by atoms with E-state index >= 15 is 0 Å². The van der Waals surface area contributed by atoms with E-state index in [0.717, 1.165) is 29.4 Å². The summed E-state index contributed by atoms with van der Waals surface area (Å²) >= 11 is 3.60. The van der Waals surface area contributed by atoms with Crippen molar-refractivity contribution in [3.63, 3.8) is 0 Å². The van der Waals surface area contributed by atoms with E-state index in [2.05, 4.69) is 52.9 Å². The van der Waals surface area contributed by atoms with Crippen molar-refractivity contribution < 1.29 is 0 Å².